The summed E-state index contributed by atoms with van der Waals surface area (Å²) in [6.07, 6.45) is -3.12. The van der Waals surface area contributed by atoms with Crippen LogP contribution in [0.15, 0.2) is 42.5 Å². The number of anilines is 1. The number of carbonyl (C=O) groups is 1. The van der Waals surface area contributed by atoms with Crippen molar-refractivity contribution in [2.75, 3.05) is 85.6 Å². The van der Waals surface area contributed by atoms with Gasteiger partial charge in [-0.1, -0.05) is 18.2 Å². The molecule has 1 amide bonds. The summed E-state index contributed by atoms with van der Waals surface area (Å²) in [6, 6.07) is 11.6. The van der Waals surface area contributed by atoms with E-state index >= 15 is 0 Å². The fraction of sp³-hybridized carbons (Fsp3) is 0.552. The predicted molar refractivity (Wildman–Crippen MR) is 167 cm³/mol. The van der Waals surface area contributed by atoms with E-state index in [9.17, 15) is 18.0 Å². The fourth-order valence-electron chi connectivity index (χ4n) is 5.83. The first-order valence-electron chi connectivity index (χ1n) is 13.3. The van der Waals surface area contributed by atoms with Gasteiger partial charge in [-0.05, 0) is 50.7 Å². The number of piperazine rings is 1. The van der Waals surface area contributed by atoms with Gasteiger partial charge in [-0.2, -0.15) is 13.2 Å². The Bertz CT molecular complexity index is 1140. The molecule has 2 fully saturated rings. The number of carbonyl (C=O) groups excluding carboxylic acids is 1. The van der Waals surface area contributed by atoms with E-state index in [1.165, 1.54) is 12.1 Å². The molecule has 0 bridgehead atoms. The van der Waals surface area contributed by atoms with E-state index in [0.717, 1.165) is 37.9 Å². The molecule has 7 nitrogen and oxygen atoms in total. The number of hydrogen-bond acceptors (Lipinski definition) is 6. The minimum atomic E-state index is -4.38. The molecule has 0 radical (unpaired) electrons. The molecule has 2 aromatic rings. The molecule has 238 valence electrons. The van der Waals surface area contributed by atoms with E-state index in [1.807, 2.05) is 42.1 Å². The first kappa shape index (κ1) is 37.9. The van der Waals surface area contributed by atoms with Crippen LogP contribution < -0.4 is 14.4 Å². The monoisotopic (exact) mass is 656 g/mol. The van der Waals surface area contributed by atoms with Crippen molar-refractivity contribution in [3.63, 3.8) is 0 Å². The second kappa shape index (κ2) is 16.1. The smallest absolute Gasteiger partial charge is 0.416 e. The largest absolute Gasteiger partial charge is 0.493 e. The summed E-state index contributed by atoms with van der Waals surface area (Å²) in [5, 5.41) is 0. The van der Waals surface area contributed by atoms with Gasteiger partial charge in [0.1, 0.15) is 0 Å². The Morgan fingerprint density at radius 1 is 0.881 bits per heavy atom. The second-order valence-corrected chi connectivity index (χ2v) is 10.8. The summed E-state index contributed by atoms with van der Waals surface area (Å²) in [5.41, 5.74) is 0.710. The van der Waals surface area contributed by atoms with Crippen molar-refractivity contribution < 1.29 is 27.4 Å². The first-order valence-corrected chi connectivity index (χ1v) is 13.3. The molecular formula is C29H42Cl3F3N4O3. The van der Waals surface area contributed by atoms with Gasteiger partial charge < -0.3 is 24.2 Å². The Morgan fingerprint density at radius 3 is 2.05 bits per heavy atom. The average molecular weight is 658 g/mol. The van der Waals surface area contributed by atoms with Crippen molar-refractivity contribution in [2.24, 2.45) is 0 Å². The number of nitrogens with zero attached hydrogens (tertiary/aromatic N) is 4. The lowest BCUT2D eigenvalue weighted by atomic mass is 9.72. The zero-order valence-corrected chi connectivity index (χ0v) is 26.9. The van der Waals surface area contributed by atoms with Crippen LogP contribution in [0, 0.1) is 0 Å². The van der Waals surface area contributed by atoms with Crippen molar-refractivity contribution in [3.05, 3.63) is 53.6 Å². The van der Waals surface area contributed by atoms with E-state index in [2.05, 4.69) is 9.80 Å². The van der Waals surface area contributed by atoms with Crippen molar-refractivity contribution >= 4 is 48.8 Å². The summed E-state index contributed by atoms with van der Waals surface area (Å²) in [5.74, 6) is 1.46. The van der Waals surface area contributed by atoms with E-state index < -0.39 is 17.2 Å². The third-order valence-corrected chi connectivity index (χ3v) is 7.96. The molecule has 13 heteroatoms. The van der Waals surface area contributed by atoms with Crippen LogP contribution in [0.1, 0.15) is 24.0 Å². The molecule has 2 aliphatic heterocycles. The predicted octanol–water partition coefficient (Wildman–Crippen LogP) is 5.23. The Labute approximate surface area is 265 Å². The molecule has 0 aliphatic carbocycles. The summed E-state index contributed by atoms with van der Waals surface area (Å²) in [7, 11) is 7.11. The Hall–Kier alpha value is -2.11. The molecule has 2 heterocycles. The highest BCUT2D eigenvalue weighted by atomic mass is 35.5. The minimum Gasteiger partial charge on any atom is -0.493 e. The highest BCUT2D eigenvalue weighted by Crippen LogP contribution is 2.39. The fourth-order valence-corrected chi connectivity index (χ4v) is 5.83. The molecule has 0 N–H and O–H groups in total. The van der Waals surface area contributed by atoms with Gasteiger partial charge in [0.2, 0.25) is 5.91 Å². The standard InChI is InChI=1S/C29H39F3N4O3.3ClH/c1-33(2)21-28(22-6-5-7-23(18-22)29(30,31)32)10-12-36(13-11-28)27(37)20-34-14-16-35(17-15-34)24-8-9-25(38-3)26(19-24)39-4;;;/h5-9,18-19H,10-17,20-21H2,1-4H3;3*1H. The number of hydrogen-bond donors (Lipinski definition) is 0. The van der Waals surface area contributed by atoms with Crippen molar-refractivity contribution in [1.82, 2.24) is 14.7 Å². The van der Waals surface area contributed by atoms with E-state index in [0.29, 0.717) is 56.1 Å². The number of piperidine rings is 1. The Balaban J connectivity index is 0.00000294. The van der Waals surface area contributed by atoms with Gasteiger partial charge in [0.25, 0.3) is 0 Å². The third kappa shape index (κ3) is 8.95. The van der Waals surface area contributed by atoms with Crippen LogP contribution in [0.2, 0.25) is 0 Å². The van der Waals surface area contributed by atoms with Gasteiger partial charge >= 0.3 is 6.18 Å². The number of rotatable bonds is 8. The lowest BCUT2D eigenvalue weighted by molar-refractivity contribution is -0.137. The van der Waals surface area contributed by atoms with Gasteiger partial charge in [-0.3, -0.25) is 9.69 Å². The SMILES string of the molecule is COc1ccc(N2CCN(CC(=O)N3CCC(CN(C)C)(c4cccc(C(F)(F)F)c4)CC3)CC2)cc1OC.Cl.Cl.Cl. The van der Waals surface area contributed by atoms with Crippen molar-refractivity contribution in [3.8, 4) is 11.5 Å². The molecule has 4 rings (SSSR count). The van der Waals surface area contributed by atoms with Gasteiger partial charge in [0.15, 0.2) is 11.5 Å². The normalized spacial score (nSPS) is 17.0. The van der Waals surface area contributed by atoms with Crippen LogP contribution >= 0.6 is 37.2 Å². The number of alkyl halides is 3. The maximum absolute atomic E-state index is 13.4. The van der Waals surface area contributed by atoms with E-state index in [4.69, 9.17) is 9.47 Å². The summed E-state index contributed by atoms with van der Waals surface area (Å²) in [4.78, 5) is 21.6. The Kier molecular flexibility index (Phi) is 14.5. The number of benzene rings is 2. The van der Waals surface area contributed by atoms with Crippen molar-refractivity contribution in [2.45, 2.75) is 24.4 Å². The van der Waals surface area contributed by atoms with E-state index in [1.54, 1.807) is 20.3 Å². The number of ether oxygens (including phenoxy) is 2. The summed E-state index contributed by atoms with van der Waals surface area (Å²) < 4.78 is 51.0. The number of halogens is 6. The van der Waals surface area contributed by atoms with Gasteiger partial charge in [-0.15, -0.1) is 37.2 Å². The topological polar surface area (TPSA) is 48.5 Å². The quantitative estimate of drug-likeness (QED) is 0.388. The number of likely N-dealkylation sites (tertiary alicyclic amines) is 1. The molecule has 2 aliphatic rings. The van der Waals surface area contributed by atoms with E-state index in [-0.39, 0.29) is 43.1 Å². The second-order valence-electron chi connectivity index (χ2n) is 10.8. The maximum Gasteiger partial charge on any atom is 0.416 e. The summed E-state index contributed by atoms with van der Waals surface area (Å²) in [6.45, 7) is 5.18. The van der Waals surface area contributed by atoms with Crippen LogP contribution in [-0.2, 0) is 16.4 Å². The van der Waals surface area contributed by atoms with Crippen molar-refractivity contribution in [1.29, 1.82) is 0 Å². The van der Waals surface area contributed by atoms with Crippen LogP contribution in [0.3, 0.4) is 0 Å². The average Bonchev–Trinajstić information content (AvgIpc) is 2.92. The third-order valence-electron chi connectivity index (χ3n) is 7.96. The Morgan fingerprint density at radius 2 is 1.50 bits per heavy atom. The summed E-state index contributed by atoms with van der Waals surface area (Å²) >= 11 is 0. The molecule has 0 spiro atoms. The highest BCUT2D eigenvalue weighted by Gasteiger charge is 2.40. The molecule has 0 aromatic heterocycles. The molecule has 0 saturated carbocycles. The van der Waals surface area contributed by atoms with Crippen LogP contribution in [0.4, 0.5) is 18.9 Å². The first-order chi connectivity index (χ1) is 18.5. The highest BCUT2D eigenvalue weighted by molar-refractivity contribution is 5.86. The minimum absolute atomic E-state index is 0. The number of likely N-dealkylation sites (N-methyl/N-ethyl adjacent to an activating group) is 1. The van der Waals surface area contributed by atoms with Gasteiger partial charge in [-0.25, -0.2) is 0 Å². The number of methoxy groups -OCH3 is 2. The molecule has 0 unspecified atom stereocenters. The number of amides is 1. The van der Waals surface area contributed by atoms with Crippen LogP contribution in [0.25, 0.3) is 0 Å². The van der Waals surface area contributed by atoms with Gasteiger partial charge in [0.05, 0.1) is 26.3 Å². The maximum atomic E-state index is 13.4. The molecular weight excluding hydrogens is 616 g/mol. The molecule has 2 aromatic carbocycles. The lowest BCUT2D eigenvalue weighted by Crippen LogP contribution is -2.53. The van der Waals surface area contributed by atoms with Crippen LogP contribution in [0.5, 0.6) is 11.5 Å². The molecule has 0 atom stereocenters. The zero-order valence-electron chi connectivity index (χ0n) is 24.5. The molecule has 2 saturated heterocycles. The zero-order chi connectivity index (χ0) is 28.2. The molecule has 42 heavy (non-hydrogen) atoms. The van der Waals surface area contributed by atoms with Gasteiger partial charge in [0, 0.05) is 63.0 Å². The van der Waals surface area contributed by atoms with Crippen LogP contribution in [-0.4, -0.2) is 101 Å². The lowest BCUT2D eigenvalue weighted by Gasteiger charge is -2.44.